The van der Waals surface area contributed by atoms with Crippen molar-refractivity contribution in [3.8, 4) is 11.5 Å². The molecule has 0 unspecified atom stereocenters. The lowest BCUT2D eigenvalue weighted by Gasteiger charge is -2.19. The van der Waals surface area contributed by atoms with Crippen molar-refractivity contribution in [1.29, 1.82) is 0 Å². The van der Waals surface area contributed by atoms with Crippen LogP contribution in [0.2, 0.25) is 0 Å². The van der Waals surface area contributed by atoms with Gasteiger partial charge in [-0.2, -0.15) is 0 Å². The quantitative estimate of drug-likeness (QED) is 0.909. The highest BCUT2D eigenvalue weighted by atomic mass is 16.6. The molecule has 0 fully saturated rings. The Morgan fingerprint density at radius 2 is 1.59 bits per heavy atom. The van der Waals surface area contributed by atoms with Crippen molar-refractivity contribution in [3.05, 3.63) is 42.5 Å². The van der Waals surface area contributed by atoms with Gasteiger partial charge in [0.15, 0.2) is 11.5 Å². The molecule has 2 aromatic carbocycles. The second-order valence-electron chi connectivity index (χ2n) is 4.68. The van der Waals surface area contributed by atoms with Crippen LogP contribution in [-0.4, -0.2) is 26.4 Å². The first kappa shape index (κ1) is 14.1. The van der Waals surface area contributed by atoms with Crippen LogP contribution in [0.1, 0.15) is 0 Å². The number of benzene rings is 2. The molecule has 0 bridgehead atoms. The molecule has 1 aliphatic rings. The molecular weight excluding hydrogens is 284 g/mol. The van der Waals surface area contributed by atoms with Crippen LogP contribution in [-0.2, 0) is 4.74 Å². The van der Waals surface area contributed by atoms with Crippen molar-refractivity contribution in [3.63, 3.8) is 0 Å². The molecule has 0 aliphatic carbocycles. The van der Waals surface area contributed by atoms with Gasteiger partial charge in [0.1, 0.15) is 13.2 Å². The van der Waals surface area contributed by atoms with E-state index in [9.17, 15) is 4.79 Å². The van der Waals surface area contributed by atoms with Crippen LogP contribution in [0.4, 0.5) is 21.9 Å². The maximum Gasteiger partial charge on any atom is 0.411 e. The smallest absolute Gasteiger partial charge is 0.411 e. The predicted molar refractivity (Wildman–Crippen MR) is 83.2 cm³/mol. The molecule has 0 radical (unpaired) electrons. The van der Waals surface area contributed by atoms with Crippen LogP contribution in [0.5, 0.6) is 11.5 Å². The van der Waals surface area contributed by atoms with Gasteiger partial charge in [0, 0.05) is 23.1 Å². The van der Waals surface area contributed by atoms with Crippen LogP contribution in [0.25, 0.3) is 0 Å². The number of rotatable bonds is 3. The number of hydrogen-bond acceptors (Lipinski definition) is 5. The van der Waals surface area contributed by atoms with E-state index in [0.29, 0.717) is 18.9 Å². The number of ether oxygens (including phenoxy) is 3. The van der Waals surface area contributed by atoms with E-state index in [0.717, 1.165) is 22.9 Å². The molecule has 6 heteroatoms. The van der Waals surface area contributed by atoms with E-state index in [1.807, 2.05) is 30.3 Å². The lowest BCUT2D eigenvalue weighted by Crippen LogP contribution is -2.15. The average molecular weight is 300 g/mol. The largest absolute Gasteiger partial charge is 0.486 e. The Morgan fingerprint density at radius 3 is 2.32 bits per heavy atom. The third kappa shape index (κ3) is 3.22. The lowest BCUT2D eigenvalue weighted by molar-refractivity contribution is 0.171. The van der Waals surface area contributed by atoms with E-state index in [4.69, 9.17) is 9.47 Å². The van der Waals surface area contributed by atoms with E-state index in [1.165, 1.54) is 7.11 Å². The summed E-state index contributed by atoms with van der Waals surface area (Å²) in [6.45, 7) is 1.14. The summed E-state index contributed by atoms with van der Waals surface area (Å²) in [5.74, 6) is 1.50. The number of anilines is 3. The zero-order valence-corrected chi connectivity index (χ0v) is 12.1. The van der Waals surface area contributed by atoms with Crippen LogP contribution in [0.3, 0.4) is 0 Å². The standard InChI is InChI=1S/C16H16N2O4/c1-20-16(19)18-12-4-2-11(3-5-12)17-13-6-7-14-15(10-13)22-9-8-21-14/h2-7,10,17H,8-9H2,1H3,(H,18,19). The maximum absolute atomic E-state index is 11.1. The fourth-order valence-corrected chi connectivity index (χ4v) is 2.09. The number of nitrogens with one attached hydrogen (secondary N) is 2. The summed E-state index contributed by atoms with van der Waals surface area (Å²) in [6.07, 6.45) is -0.493. The summed E-state index contributed by atoms with van der Waals surface area (Å²) in [7, 11) is 1.33. The number of hydrogen-bond donors (Lipinski definition) is 2. The van der Waals surface area contributed by atoms with E-state index >= 15 is 0 Å². The Labute approximate surface area is 128 Å². The second-order valence-corrected chi connectivity index (χ2v) is 4.68. The van der Waals surface area contributed by atoms with E-state index in [-0.39, 0.29) is 0 Å². The second kappa shape index (κ2) is 6.26. The molecule has 0 aromatic heterocycles. The molecule has 2 N–H and O–H groups in total. The molecule has 1 heterocycles. The Hall–Kier alpha value is -2.89. The summed E-state index contributed by atoms with van der Waals surface area (Å²) in [5.41, 5.74) is 2.46. The van der Waals surface area contributed by atoms with Gasteiger partial charge in [-0.15, -0.1) is 0 Å². The number of methoxy groups -OCH3 is 1. The van der Waals surface area contributed by atoms with Crippen LogP contribution in [0, 0.1) is 0 Å². The van der Waals surface area contributed by atoms with Gasteiger partial charge in [-0.25, -0.2) is 4.79 Å². The monoisotopic (exact) mass is 300 g/mol. The molecule has 1 amide bonds. The molecule has 114 valence electrons. The molecule has 0 saturated heterocycles. The minimum Gasteiger partial charge on any atom is -0.486 e. The van der Waals surface area contributed by atoms with Gasteiger partial charge in [0.25, 0.3) is 0 Å². The van der Waals surface area contributed by atoms with Gasteiger partial charge in [-0.1, -0.05) is 0 Å². The minimum absolute atomic E-state index is 0.493. The highest BCUT2D eigenvalue weighted by molar-refractivity contribution is 5.84. The maximum atomic E-state index is 11.1. The molecule has 2 aromatic rings. The third-order valence-corrected chi connectivity index (χ3v) is 3.15. The van der Waals surface area contributed by atoms with Gasteiger partial charge in [0.2, 0.25) is 0 Å². The van der Waals surface area contributed by atoms with Gasteiger partial charge in [0.05, 0.1) is 7.11 Å². The summed E-state index contributed by atoms with van der Waals surface area (Å²) >= 11 is 0. The first-order valence-electron chi connectivity index (χ1n) is 6.86. The van der Waals surface area contributed by atoms with Crippen LogP contribution >= 0.6 is 0 Å². The first-order chi connectivity index (χ1) is 10.7. The molecule has 22 heavy (non-hydrogen) atoms. The van der Waals surface area contributed by atoms with Crippen molar-refractivity contribution in [1.82, 2.24) is 0 Å². The van der Waals surface area contributed by atoms with Crippen molar-refractivity contribution in [2.24, 2.45) is 0 Å². The SMILES string of the molecule is COC(=O)Nc1ccc(Nc2ccc3c(c2)OCCO3)cc1. The predicted octanol–water partition coefficient (Wildman–Crippen LogP) is 3.38. The Balaban J connectivity index is 1.69. The average Bonchev–Trinajstić information content (AvgIpc) is 2.56. The number of carbonyl (C=O) groups is 1. The highest BCUT2D eigenvalue weighted by Crippen LogP contribution is 2.33. The van der Waals surface area contributed by atoms with Crippen LogP contribution < -0.4 is 20.1 Å². The molecule has 0 atom stereocenters. The first-order valence-corrected chi connectivity index (χ1v) is 6.86. The van der Waals surface area contributed by atoms with Gasteiger partial charge < -0.3 is 19.5 Å². The number of fused-ring (bicyclic) bond motifs is 1. The summed E-state index contributed by atoms with van der Waals surface area (Å²) in [5, 5.41) is 5.87. The van der Waals surface area contributed by atoms with Gasteiger partial charge in [-0.05, 0) is 36.4 Å². The van der Waals surface area contributed by atoms with Crippen molar-refractivity contribution in [2.45, 2.75) is 0 Å². The zero-order valence-electron chi connectivity index (χ0n) is 12.1. The van der Waals surface area contributed by atoms with Crippen LogP contribution in [0.15, 0.2) is 42.5 Å². The summed E-state index contributed by atoms with van der Waals surface area (Å²) < 4.78 is 15.6. The molecule has 0 saturated carbocycles. The summed E-state index contributed by atoms with van der Waals surface area (Å²) in [6, 6.07) is 13.0. The summed E-state index contributed by atoms with van der Waals surface area (Å²) in [4.78, 5) is 11.1. The van der Waals surface area contributed by atoms with Crippen molar-refractivity contribution < 1.29 is 19.0 Å². The fourth-order valence-electron chi connectivity index (χ4n) is 2.09. The molecule has 0 spiro atoms. The van der Waals surface area contributed by atoms with Gasteiger partial charge >= 0.3 is 6.09 Å². The highest BCUT2D eigenvalue weighted by Gasteiger charge is 2.11. The van der Waals surface area contributed by atoms with E-state index in [2.05, 4.69) is 15.4 Å². The Bertz CT molecular complexity index is 670. The zero-order chi connectivity index (χ0) is 15.4. The number of amides is 1. The van der Waals surface area contributed by atoms with E-state index < -0.39 is 6.09 Å². The Morgan fingerprint density at radius 1 is 0.955 bits per heavy atom. The third-order valence-electron chi connectivity index (χ3n) is 3.15. The minimum atomic E-state index is -0.493. The Kier molecular flexibility index (Phi) is 4.00. The normalized spacial score (nSPS) is 12.4. The lowest BCUT2D eigenvalue weighted by atomic mass is 10.2. The molecule has 6 nitrogen and oxygen atoms in total. The van der Waals surface area contributed by atoms with Crippen molar-refractivity contribution in [2.75, 3.05) is 31.0 Å². The molecule has 1 aliphatic heterocycles. The fraction of sp³-hybridized carbons (Fsp3) is 0.188. The molecule has 3 rings (SSSR count). The van der Waals surface area contributed by atoms with E-state index in [1.54, 1.807) is 12.1 Å². The van der Waals surface area contributed by atoms with Crippen molar-refractivity contribution >= 4 is 23.2 Å². The van der Waals surface area contributed by atoms with Gasteiger partial charge in [-0.3, -0.25) is 5.32 Å². The molecular formula is C16H16N2O4. The number of carbonyl (C=O) groups excluding carboxylic acids is 1. The topological polar surface area (TPSA) is 68.8 Å².